The molecule has 42 heavy (non-hydrogen) atoms. The second-order valence-corrected chi connectivity index (χ2v) is 11.1. The monoisotopic (exact) mass is 572 g/mol. The third-order valence-corrected chi connectivity index (χ3v) is 8.82. The molecule has 3 aliphatic heterocycles. The second-order valence-electron chi connectivity index (χ2n) is 11.1. The predicted molar refractivity (Wildman–Crippen MR) is 159 cm³/mol. The summed E-state index contributed by atoms with van der Waals surface area (Å²) in [5, 5.41) is 3.19. The van der Waals surface area contributed by atoms with Crippen LogP contribution in [0.15, 0.2) is 60.7 Å². The van der Waals surface area contributed by atoms with E-state index in [-0.39, 0.29) is 17.6 Å². The van der Waals surface area contributed by atoms with Crippen LogP contribution in [0.3, 0.4) is 0 Å². The summed E-state index contributed by atoms with van der Waals surface area (Å²) >= 11 is 0. The Balaban J connectivity index is 1.14. The minimum atomic E-state index is -0.541. The molecule has 3 heterocycles. The maximum absolute atomic E-state index is 14.2. The van der Waals surface area contributed by atoms with Gasteiger partial charge in [0.1, 0.15) is 5.82 Å². The van der Waals surface area contributed by atoms with Crippen molar-refractivity contribution in [1.29, 1.82) is 0 Å². The number of carbonyl (C=O) groups excluding carboxylic acids is 2. The number of para-hydroxylation sites is 1. The molecule has 3 aromatic rings. The van der Waals surface area contributed by atoms with E-state index in [9.17, 15) is 14.0 Å². The number of piperazine rings is 1. The van der Waals surface area contributed by atoms with E-state index in [4.69, 9.17) is 9.47 Å². The van der Waals surface area contributed by atoms with Gasteiger partial charge in [-0.15, -0.1) is 0 Å². The van der Waals surface area contributed by atoms with Crippen molar-refractivity contribution in [1.82, 2.24) is 15.1 Å². The molecule has 9 heteroatoms. The Morgan fingerprint density at radius 2 is 1.64 bits per heavy atom. The van der Waals surface area contributed by atoms with Gasteiger partial charge in [0.25, 0.3) is 5.91 Å². The molecule has 0 saturated carbocycles. The standard InChI is InChI=1S/C33H37FN4O4/c1-41-28-20-22-12-15-38-31(25(22)21-29(28)42-2)30(23-8-3-4-9-24(23)33(38)40)32(39)35-13-7-14-36-16-18-37(19-17-36)27-11-6-5-10-26(27)34/h3-6,8-11,20-21,30-31H,7,12-19H2,1-2H3,(H,35,39)/t30-,31+/m0/s1. The molecule has 8 nitrogen and oxygen atoms in total. The average molecular weight is 573 g/mol. The van der Waals surface area contributed by atoms with Gasteiger partial charge in [0.2, 0.25) is 5.91 Å². The SMILES string of the molecule is COc1cc2c(cc1OC)[C@@H]1[C@@H](C(=O)NCCCN3CCN(c4ccccc4F)CC3)c3ccccc3C(=O)N1CC2. The molecule has 0 aliphatic carbocycles. The molecule has 0 spiro atoms. The van der Waals surface area contributed by atoms with E-state index in [2.05, 4.69) is 15.1 Å². The molecule has 0 radical (unpaired) electrons. The van der Waals surface area contributed by atoms with Gasteiger partial charge in [-0.25, -0.2) is 4.39 Å². The molecule has 3 aromatic carbocycles. The number of anilines is 1. The van der Waals surface area contributed by atoms with Crippen molar-refractivity contribution in [2.45, 2.75) is 24.8 Å². The zero-order valence-corrected chi connectivity index (χ0v) is 24.1. The molecule has 0 aromatic heterocycles. The van der Waals surface area contributed by atoms with Gasteiger partial charge in [0.05, 0.1) is 31.9 Å². The third kappa shape index (κ3) is 5.17. The van der Waals surface area contributed by atoms with Gasteiger partial charge in [0.15, 0.2) is 11.5 Å². The van der Waals surface area contributed by atoms with Crippen molar-refractivity contribution in [2.24, 2.45) is 0 Å². The van der Waals surface area contributed by atoms with Crippen molar-refractivity contribution in [2.75, 3.05) is 64.9 Å². The van der Waals surface area contributed by atoms with Crippen LogP contribution in [0.5, 0.6) is 11.5 Å². The molecule has 3 aliphatic rings. The van der Waals surface area contributed by atoms with Gasteiger partial charge in [-0.2, -0.15) is 0 Å². The van der Waals surface area contributed by atoms with E-state index in [0.717, 1.165) is 55.8 Å². The average Bonchev–Trinajstić information content (AvgIpc) is 3.03. The summed E-state index contributed by atoms with van der Waals surface area (Å²) in [7, 11) is 3.20. The van der Waals surface area contributed by atoms with E-state index in [1.54, 1.807) is 20.3 Å². The first kappa shape index (κ1) is 28.0. The summed E-state index contributed by atoms with van der Waals surface area (Å²) in [4.78, 5) is 33.8. The summed E-state index contributed by atoms with van der Waals surface area (Å²) in [6.45, 7) is 5.14. The van der Waals surface area contributed by atoms with Crippen molar-refractivity contribution in [3.8, 4) is 11.5 Å². The summed E-state index contributed by atoms with van der Waals surface area (Å²) in [6.07, 6.45) is 1.48. The van der Waals surface area contributed by atoms with E-state index >= 15 is 0 Å². The number of rotatable bonds is 8. The number of nitrogens with one attached hydrogen (secondary N) is 1. The molecular formula is C33H37FN4O4. The highest BCUT2D eigenvalue weighted by Crippen LogP contribution is 2.48. The lowest BCUT2D eigenvalue weighted by atomic mass is 9.75. The Kier molecular flexibility index (Phi) is 8.02. The Morgan fingerprint density at radius 3 is 2.40 bits per heavy atom. The first-order valence-electron chi connectivity index (χ1n) is 14.6. The largest absolute Gasteiger partial charge is 0.493 e. The predicted octanol–water partition coefficient (Wildman–Crippen LogP) is 4.01. The maximum Gasteiger partial charge on any atom is 0.254 e. The maximum atomic E-state index is 14.2. The van der Waals surface area contributed by atoms with E-state index in [0.29, 0.717) is 42.3 Å². The molecular weight excluding hydrogens is 535 g/mol. The van der Waals surface area contributed by atoms with Gasteiger partial charge in [-0.3, -0.25) is 14.5 Å². The first-order chi connectivity index (χ1) is 20.5. The van der Waals surface area contributed by atoms with Crippen LogP contribution in [0.2, 0.25) is 0 Å². The van der Waals surface area contributed by atoms with Crippen molar-refractivity contribution in [3.63, 3.8) is 0 Å². The van der Waals surface area contributed by atoms with E-state index in [1.807, 2.05) is 53.4 Å². The number of ether oxygens (including phenoxy) is 2. The quantitative estimate of drug-likeness (QED) is 0.412. The van der Waals surface area contributed by atoms with Gasteiger partial charge in [0, 0.05) is 44.8 Å². The Morgan fingerprint density at radius 1 is 0.929 bits per heavy atom. The van der Waals surface area contributed by atoms with Crippen LogP contribution in [0, 0.1) is 5.82 Å². The van der Waals surface area contributed by atoms with Gasteiger partial charge in [-0.1, -0.05) is 30.3 Å². The molecule has 220 valence electrons. The number of hydrogen-bond acceptors (Lipinski definition) is 6. The molecule has 1 N–H and O–H groups in total. The topological polar surface area (TPSA) is 74.4 Å². The number of halogens is 1. The molecule has 2 amide bonds. The highest BCUT2D eigenvalue weighted by Gasteiger charge is 2.46. The van der Waals surface area contributed by atoms with E-state index < -0.39 is 12.0 Å². The number of carbonyl (C=O) groups is 2. The zero-order valence-electron chi connectivity index (χ0n) is 24.1. The fraction of sp³-hybridized carbons (Fsp3) is 0.394. The fourth-order valence-corrected chi connectivity index (χ4v) is 6.68. The van der Waals surface area contributed by atoms with Crippen molar-refractivity contribution < 1.29 is 23.5 Å². The van der Waals surface area contributed by atoms with Gasteiger partial charge < -0.3 is 24.6 Å². The summed E-state index contributed by atoms with van der Waals surface area (Å²) < 4.78 is 25.3. The van der Waals surface area contributed by atoms with Crippen molar-refractivity contribution >= 4 is 17.5 Å². The molecule has 1 saturated heterocycles. The third-order valence-electron chi connectivity index (χ3n) is 8.82. The van der Waals surface area contributed by atoms with Crippen LogP contribution >= 0.6 is 0 Å². The van der Waals surface area contributed by atoms with Crippen LogP contribution in [0.1, 0.15) is 45.4 Å². The summed E-state index contributed by atoms with van der Waals surface area (Å²) in [5.41, 5.74) is 3.99. The molecule has 0 bridgehead atoms. The Hall–Kier alpha value is -4.11. The van der Waals surface area contributed by atoms with Crippen LogP contribution in [-0.4, -0.2) is 81.6 Å². The van der Waals surface area contributed by atoms with E-state index in [1.165, 1.54) is 6.07 Å². The molecule has 1 fully saturated rings. The van der Waals surface area contributed by atoms with Crippen molar-refractivity contribution in [3.05, 3.63) is 88.7 Å². The van der Waals surface area contributed by atoms with Crippen LogP contribution < -0.4 is 19.7 Å². The number of nitrogens with zero attached hydrogens (tertiary/aromatic N) is 3. The molecule has 6 rings (SSSR count). The second kappa shape index (κ2) is 12.0. The van der Waals surface area contributed by atoms with Gasteiger partial charge in [-0.05, 0) is 66.4 Å². The number of amides is 2. The first-order valence-corrected chi connectivity index (χ1v) is 14.6. The lowest BCUT2D eigenvalue weighted by Gasteiger charge is -2.45. The zero-order chi connectivity index (χ0) is 29.2. The lowest BCUT2D eigenvalue weighted by molar-refractivity contribution is -0.124. The van der Waals surface area contributed by atoms with Crippen LogP contribution in [0.25, 0.3) is 0 Å². The number of methoxy groups -OCH3 is 2. The number of benzene rings is 3. The fourth-order valence-electron chi connectivity index (χ4n) is 6.68. The van der Waals surface area contributed by atoms with Crippen LogP contribution in [0.4, 0.5) is 10.1 Å². The lowest BCUT2D eigenvalue weighted by Crippen LogP contribution is -2.50. The van der Waals surface area contributed by atoms with Crippen LogP contribution in [-0.2, 0) is 11.2 Å². The summed E-state index contributed by atoms with van der Waals surface area (Å²) in [5.74, 6) is 0.366. The minimum absolute atomic E-state index is 0.0467. The molecule has 2 atom stereocenters. The molecule has 0 unspecified atom stereocenters. The van der Waals surface area contributed by atoms with Gasteiger partial charge >= 0.3 is 0 Å². The highest BCUT2D eigenvalue weighted by atomic mass is 19.1. The smallest absolute Gasteiger partial charge is 0.254 e. The minimum Gasteiger partial charge on any atom is -0.493 e. The highest BCUT2D eigenvalue weighted by molar-refractivity contribution is 6.01. The normalized spacial score (nSPS) is 19.9. The number of hydrogen-bond donors (Lipinski definition) is 1. The summed E-state index contributed by atoms with van der Waals surface area (Å²) in [6, 6.07) is 17.8. The Bertz CT molecular complexity index is 1470. The Labute approximate surface area is 246 Å². The number of fused-ring (bicyclic) bond motifs is 4.